The first kappa shape index (κ1) is 13.5. The number of carbonyl (C=O) groups excluding carboxylic acids is 1. The second kappa shape index (κ2) is 5.64. The highest BCUT2D eigenvalue weighted by Crippen LogP contribution is 2.29. The second-order valence-corrected chi connectivity index (χ2v) is 5.04. The van der Waals surface area contributed by atoms with Crippen molar-refractivity contribution in [1.82, 2.24) is 4.90 Å². The number of rotatable bonds is 5. The van der Waals surface area contributed by atoms with Gasteiger partial charge in [0.15, 0.2) is 0 Å². The van der Waals surface area contributed by atoms with Gasteiger partial charge in [-0.25, -0.2) is 0 Å². The summed E-state index contributed by atoms with van der Waals surface area (Å²) in [5, 5.41) is 10.2. The maximum absolute atomic E-state index is 11.7. The molecule has 1 rings (SSSR count). The number of aliphatic hydroxyl groups is 1. The first-order valence-electron chi connectivity index (χ1n) is 6.01. The van der Waals surface area contributed by atoms with E-state index in [-0.39, 0.29) is 18.6 Å². The van der Waals surface area contributed by atoms with Crippen LogP contribution in [-0.4, -0.2) is 47.8 Å². The molecule has 1 saturated carbocycles. The fourth-order valence-electron chi connectivity index (χ4n) is 2.07. The lowest BCUT2D eigenvalue weighted by Gasteiger charge is -2.28. The fraction of sp³-hybridized carbons (Fsp3) is 0.917. The van der Waals surface area contributed by atoms with Crippen LogP contribution in [0.2, 0.25) is 0 Å². The van der Waals surface area contributed by atoms with Gasteiger partial charge in [0, 0.05) is 13.6 Å². The van der Waals surface area contributed by atoms with Gasteiger partial charge in [-0.15, -0.1) is 0 Å². The number of likely N-dealkylation sites (N-methyl/N-ethyl adjacent to an activating group) is 1. The Labute approximate surface area is 97.6 Å². The molecular formula is C12H23NO3. The van der Waals surface area contributed by atoms with Crippen LogP contribution < -0.4 is 0 Å². The number of amides is 1. The van der Waals surface area contributed by atoms with Crippen LogP contribution in [0.15, 0.2) is 0 Å². The summed E-state index contributed by atoms with van der Waals surface area (Å²) < 4.78 is 5.25. The quantitative estimate of drug-likeness (QED) is 0.770. The topological polar surface area (TPSA) is 49.8 Å². The minimum atomic E-state index is -0.664. The summed E-state index contributed by atoms with van der Waals surface area (Å²) in [4.78, 5) is 13.2. The average Bonchev–Trinajstić information content (AvgIpc) is 2.61. The molecule has 1 amide bonds. The van der Waals surface area contributed by atoms with Crippen LogP contribution in [0.5, 0.6) is 0 Å². The molecule has 0 aromatic carbocycles. The Balaban J connectivity index is 2.33. The summed E-state index contributed by atoms with van der Waals surface area (Å²) in [7, 11) is 1.72. The Kier molecular flexibility index (Phi) is 4.74. The smallest absolute Gasteiger partial charge is 0.248 e. The predicted molar refractivity (Wildman–Crippen MR) is 62.1 cm³/mol. The van der Waals surface area contributed by atoms with Crippen LogP contribution in [0.1, 0.15) is 39.5 Å². The van der Waals surface area contributed by atoms with E-state index in [2.05, 4.69) is 0 Å². The van der Waals surface area contributed by atoms with Crippen molar-refractivity contribution < 1.29 is 14.6 Å². The third-order valence-electron chi connectivity index (χ3n) is 3.03. The lowest BCUT2D eigenvalue weighted by atomic mass is 10.0. The van der Waals surface area contributed by atoms with E-state index in [9.17, 15) is 9.90 Å². The molecule has 1 aliphatic carbocycles. The molecule has 0 heterocycles. The van der Waals surface area contributed by atoms with Gasteiger partial charge in [0.2, 0.25) is 5.91 Å². The van der Waals surface area contributed by atoms with Gasteiger partial charge in [0.1, 0.15) is 6.61 Å². The van der Waals surface area contributed by atoms with Gasteiger partial charge in [0.05, 0.1) is 11.7 Å². The van der Waals surface area contributed by atoms with Crippen LogP contribution in [0.3, 0.4) is 0 Å². The molecule has 1 aliphatic rings. The predicted octanol–water partition coefficient (Wildman–Crippen LogP) is 1.17. The van der Waals surface area contributed by atoms with Gasteiger partial charge in [-0.3, -0.25) is 4.79 Å². The van der Waals surface area contributed by atoms with Gasteiger partial charge < -0.3 is 14.7 Å². The highest BCUT2D eigenvalue weighted by atomic mass is 16.5. The first-order valence-corrected chi connectivity index (χ1v) is 6.01. The summed E-state index contributed by atoms with van der Waals surface area (Å²) in [6.45, 7) is 4.33. The normalized spacial score (nSPS) is 19.1. The molecule has 0 bridgehead atoms. The van der Waals surface area contributed by atoms with Crippen molar-refractivity contribution in [2.45, 2.75) is 51.2 Å². The fourth-order valence-corrected chi connectivity index (χ4v) is 2.07. The molecule has 1 fully saturated rings. The maximum atomic E-state index is 11.7. The zero-order chi connectivity index (χ0) is 12.2. The zero-order valence-electron chi connectivity index (χ0n) is 10.5. The number of carbonyl (C=O) groups is 1. The SMILES string of the molecule is CC(C)OCC(=O)N(C)CC1(O)CCCC1. The van der Waals surface area contributed by atoms with E-state index in [1.807, 2.05) is 13.8 Å². The molecule has 4 heteroatoms. The molecule has 0 saturated heterocycles. The molecule has 1 N–H and O–H groups in total. The minimum Gasteiger partial charge on any atom is -0.388 e. The van der Waals surface area contributed by atoms with Gasteiger partial charge in [-0.2, -0.15) is 0 Å². The van der Waals surface area contributed by atoms with E-state index in [1.165, 1.54) is 0 Å². The van der Waals surface area contributed by atoms with Crippen LogP contribution >= 0.6 is 0 Å². The van der Waals surface area contributed by atoms with E-state index in [1.54, 1.807) is 11.9 Å². The van der Waals surface area contributed by atoms with Crippen molar-refractivity contribution in [3.8, 4) is 0 Å². The standard InChI is InChI=1S/C12H23NO3/c1-10(2)16-8-11(14)13(3)9-12(15)6-4-5-7-12/h10,15H,4-9H2,1-3H3. The summed E-state index contributed by atoms with van der Waals surface area (Å²) >= 11 is 0. The van der Waals surface area contributed by atoms with Crippen molar-refractivity contribution in [2.75, 3.05) is 20.2 Å². The lowest BCUT2D eigenvalue weighted by molar-refractivity contribution is -0.139. The zero-order valence-corrected chi connectivity index (χ0v) is 10.5. The number of hydrogen-bond acceptors (Lipinski definition) is 3. The van der Waals surface area contributed by atoms with Crippen molar-refractivity contribution in [2.24, 2.45) is 0 Å². The highest BCUT2D eigenvalue weighted by Gasteiger charge is 2.33. The van der Waals surface area contributed by atoms with Crippen molar-refractivity contribution >= 4 is 5.91 Å². The van der Waals surface area contributed by atoms with Gasteiger partial charge in [0.25, 0.3) is 0 Å². The molecule has 94 valence electrons. The minimum absolute atomic E-state index is 0.0611. The van der Waals surface area contributed by atoms with Crippen molar-refractivity contribution in [3.05, 3.63) is 0 Å². The molecule has 0 unspecified atom stereocenters. The molecular weight excluding hydrogens is 206 g/mol. The monoisotopic (exact) mass is 229 g/mol. The Hall–Kier alpha value is -0.610. The van der Waals surface area contributed by atoms with Crippen molar-refractivity contribution in [1.29, 1.82) is 0 Å². The Morgan fingerprint density at radius 1 is 1.44 bits per heavy atom. The number of ether oxygens (including phenoxy) is 1. The summed E-state index contributed by atoms with van der Waals surface area (Å²) in [6, 6.07) is 0. The van der Waals surface area contributed by atoms with Crippen LogP contribution in [0.25, 0.3) is 0 Å². The third kappa shape index (κ3) is 4.10. The molecule has 0 aliphatic heterocycles. The molecule has 0 radical (unpaired) electrons. The molecule has 0 aromatic heterocycles. The maximum Gasteiger partial charge on any atom is 0.248 e. The molecule has 16 heavy (non-hydrogen) atoms. The van der Waals surface area contributed by atoms with Crippen LogP contribution in [-0.2, 0) is 9.53 Å². The summed E-state index contributed by atoms with van der Waals surface area (Å²) in [6.07, 6.45) is 3.78. The van der Waals surface area contributed by atoms with Crippen LogP contribution in [0, 0.1) is 0 Å². The average molecular weight is 229 g/mol. The van der Waals surface area contributed by atoms with E-state index in [0.717, 1.165) is 25.7 Å². The van der Waals surface area contributed by atoms with Gasteiger partial charge in [-0.05, 0) is 26.7 Å². The molecule has 0 spiro atoms. The van der Waals surface area contributed by atoms with Crippen LogP contribution in [0.4, 0.5) is 0 Å². The van der Waals surface area contributed by atoms with Gasteiger partial charge >= 0.3 is 0 Å². The second-order valence-electron chi connectivity index (χ2n) is 5.04. The molecule has 4 nitrogen and oxygen atoms in total. The van der Waals surface area contributed by atoms with E-state index in [0.29, 0.717) is 6.54 Å². The first-order chi connectivity index (χ1) is 7.43. The van der Waals surface area contributed by atoms with E-state index in [4.69, 9.17) is 4.74 Å². The lowest BCUT2D eigenvalue weighted by Crippen LogP contribution is -2.43. The third-order valence-corrected chi connectivity index (χ3v) is 3.03. The van der Waals surface area contributed by atoms with E-state index < -0.39 is 5.60 Å². The van der Waals surface area contributed by atoms with Gasteiger partial charge in [-0.1, -0.05) is 12.8 Å². The Morgan fingerprint density at radius 3 is 2.50 bits per heavy atom. The largest absolute Gasteiger partial charge is 0.388 e. The Bertz CT molecular complexity index is 234. The van der Waals surface area contributed by atoms with E-state index >= 15 is 0 Å². The summed E-state index contributed by atoms with van der Waals surface area (Å²) in [5.41, 5.74) is -0.664. The highest BCUT2D eigenvalue weighted by molar-refractivity contribution is 5.77. The Morgan fingerprint density at radius 2 is 2.00 bits per heavy atom. The number of hydrogen-bond donors (Lipinski definition) is 1. The summed E-state index contributed by atoms with van der Waals surface area (Å²) in [5.74, 6) is -0.0611. The number of nitrogens with zero attached hydrogens (tertiary/aromatic N) is 1. The molecule has 0 atom stereocenters. The molecule has 0 aromatic rings. The van der Waals surface area contributed by atoms with Crippen molar-refractivity contribution in [3.63, 3.8) is 0 Å².